The number of halogens is 1. The molecule has 0 saturated carbocycles. The number of aryl methyl sites for hydroxylation is 1. The summed E-state index contributed by atoms with van der Waals surface area (Å²) >= 11 is 7.52. The summed E-state index contributed by atoms with van der Waals surface area (Å²) in [5.41, 5.74) is 3.59. The number of ether oxygens (including phenoxy) is 1. The molecule has 1 aliphatic rings. The number of carbonyl (C=O) groups is 1. The zero-order valence-electron chi connectivity index (χ0n) is 17.7. The van der Waals surface area contributed by atoms with E-state index in [2.05, 4.69) is 29.1 Å². The van der Waals surface area contributed by atoms with Gasteiger partial charge in [-0.3, -0.25) is 9.78 Å². The fourth-order valence-electron chi connectivity index (χ4n) is 3.53. The quantitative estimate of drug-likeness (QED) is 0.490. The Morgan fingerprint density at radius 1 is 1.23 bits per heavy atom. The van der Waals surface area contributed by atoms with Crippen LogP contribution in [0.15, 0.2) is 53.7 Å². The lowest BCUT2D eigenvalue weighted by atomic mass is 10.1. The molecule has 0 saturated heterocycles. The predicted octanol–water partition coefficient (Wildman–Crippen LogP) is 5.63. The van der Waals surface area contributed by atoms with E-state index < -0.39 is 0 Å². The molecule has 0 atom stereocenters. The Morgan fingerprint density at radius 2 is 2.06 bits per heavy atom. The number of hydrogen-bond donors (Lipinski definition) is 1. The second-order valence-electron chi connectivity index (χ2n) is 8.23. The maximum atomic E-state index is 13.3. The summed E-state index contributed by atoms with van der Waals surface area (Å²) in [6.45, 7) is 6.81. The zero-order chi connectivity index (χ0) is 22.0. The van der Waals surface area contributed by atoms with E-state index in [4.69, 9.17) is 16.3 Å². The van der Waals surface area contributed by atoms with Gasteiger partial charge in [-0.05, 0) is 56.5 Å². The molecule has 7 heteroatoms. The molecule has 0 fully saturated rings. The first-order valence-corrected chi connectivity index (χ1v) is 11.3. The van der Waals surface area contributed by atoms with Gasteiger partial charge in [-0.1, -0.05) is 29.8 Å². The average molecular weight is 454 g/mol. The standard InChI is InChI=1S/C24H24ClN3O2S/c1-15-5-4-6-17(11-15)30-19-14-27-18-12-24(2,3)31-22(18)21(19)23(29)26-10-9-16-7-8-20(25)28-13-16/h4-8,11,13-14H,9-10,12H2,1-3H3,(H,26,29). The van der Waals surface area contributed by atoms with Crippen LogP contribution >= 0.6 is 23.4 Å². The molecule has 3 heterocycles. The lowest BCUT2D eigenvalue weighted by molar-refractivity contribution is 0.0948. The number of benzene rings is 1. The number of fused-ring (bicyclic) bond motifs is 1. The fourth-order valence-corrected chi connectivity index (χ4v) is 4.94. The molecule has 0 spiro atoms. The lowest BCUT2D eigenvalue weighted by Crippen LogP contribution is -2.27. The third-order valence-corrected chi connectivity index (χ3v) is 6.54. The van der Waals surface area contributed by atoms with Gasteiger partial charge in [-0.15, -0.1) is 11.8 Å². The minimum Gasteiger partial charge on any atom is -0.455 e. The summed E-state index contributed by atoms with van der Waals surface area (Å²) in [6.07, 6.45) is 4.87. The van der Waals surface area contributed by atoms with Crippen molar-refractivity contribution in [1.29, 1.82) is 0 Å². The SMILES string of the molecule is Cc1cccc(Oc2cnc3c(c2C(=O)NCCc2ccc(Cl)nc2)SC(C)(C)C3)c1. The van der Waals surface area contributed by atoms with Crippen LogP contribution in [0.4, 0.5) is 0 Å². The maximum Gasteiger partial charge on any atom is 0.256 e. The van der Waals surface area contributed by atoms with Gasteiger partial charge in [0.05, 0.1) is 17.5 Å². The molecule has 0 aliphatic carbocycles. The molecule has 0 radical (unpaired) electrons. The highest BCUT2D eigenvalue weighted by atomic mass is 35.5. The normalized spacial score (nSPS) is 14.2. The van der Waals surface area contributed by atoms with E-state index in [-0.39, 0.29) is 10.7 Å². The third-order valence-electron chi connectivity index (χ3n) is 4.98. The Balaban J connectivity index is 1.58. The second-order valence-corrected chi connectivity index (χ2v) is 10.3. The van der Waals surface area contributed by atoms with Gasteiger partial charge in [0.15, 0.2) is 5.75 Å². The molecule has 0 unspecified atom stereocenters. The molecular formula is C24H24ClN3O2S. The van der Waals surface area contributed by atoms with Crippen LogP contribution in [0.25, 0.3) is 0 Å². The zero-order valence-corrected chi connectivity index (χ0v) is 19.3. The van der Waals surface area contributed by atoms with Crippen LogP contribution in [0.1, 0.15) is 41.0 Å². The summed E-state index contributed by atoms with van der Waals surface area (Å²) in [5.74, 6) is 0.999. The van der Waals surface area contributed by atoms with E-state index in [1.165, 1.54) is 0 Å². The summed E-state index contributed by atoms with van der Waals surface area (Å²) < 4.78 is 6.11. The average Bonchev–Trinajstić information content (AvgIpc) is 3.03. The highest BCUT2D eigenvalue weighted by molar-refractivity contribution is 8.01. The van der Waals surface area contributed by atoms with E-state index >= 15 is 0 Å². The van der Waals surface area contributed by atoms with E-state index in [1.54, 1.807) is 30.2 Å². The van der Waals surface area contributed by atoms with Crippen LogP contribution < -0.4 is 10.1 Å². The lowest BCUT2D eigenvalue weighted by Gasteiger charge is -2.16. The van der Waals surface area contributed by atoms with Crippen LogP contribution in [-0.4, -0.2) is 27.2 Å². The van der Waals surface area contributed by atoms with Crippen molar-refractivity contribution in [2.24, 2.45) is 0 Å². The number of nitrogens with zero attached hydrogens (tertiary/aromatic N) is 2. The summed E-state index contributed by atoms with van der Waals surface area (Å²) in [6, 6.07) is 11.4. The van der Waals surface area contributed by atoms with Gasteiger partial charge in [0.1, 0.15) is 10.9 Å². The first-order chi connectivity index (χ1) is 14.8. The van der Waals surface area contributed by atoms with E-state index in [0.29, 0.717) is 35.2 Å². The van der Waals surface area contributed by atoms with Crippen molar-refractivity contribution in [3.63, 3.8) is 0 Å². The Morgan fingerprint density at radius 3 is 2.81 bits per heavy atom. The molecule has 3 aromatic rings. The Kier molecular flexibility index (Phi) is 6.21. The van der Waals surface area contributed by atoms with Gasteiger partial charge in [-0.25, -0.2) is 4.98 Å². The van der Waals surface area contributed by atoms with Crippen molar-refractivity contribution in [3.05, 3.63) is 76.3 Å². The Labute approximate surface area is 191 Å². The molecule has 1 aromatic carbocycles. The number of thioether (sulfide) groups is 1. The van der Waals surface area contributed by atoms with Crippen molar-refractivity contribution < 1.29 is 9.53 Å². The van der Waals surface area contributed by atoms with Gasteiger partial charge in [-0.2, -0.15) is 0 Å². The van der Waals surface area contributed by atoms with Crippen LogP contribution in [-0.2, 0) is 12.8 Å². The number of aromatic nitrogens is 2. The molecule has 1 N–H and O–H groups in total. The fraction of sp³-hybridized carbons (Fsp3) is 0.292. The number of carbonyl (C=O) groups excluding carboxylic acids is 1. The number of nitrogens with one attached hydrogen (secondary N) is 1. The Hall–Kier alpha value is -2.57. The van der Waals surface area contributed by atoms with Crippen LogP contribution in [0, 0.1) is 6.92 Å². The molecule has 5 nitrogen and oxygen atoms in total. The second kappa shape index (κ2) is 8.89. The molecule has 1 aliphatic heterocycles. The van der Waals surface area contributed by atoms with Gasteiger partial charge < -0.3 is 10.1 Å². The third kappa shape index (κ3) is 5.20. The first kappa shape index (κ1) is 21.7. The van der Waals surface area contributed by atoms with Gasteiger partial charge in [0.2, 0.25) is 0 Å². The highest BCUT2D eigenvalue weighted by Gasteiger charge is 2.35. The monoisotopic (exact) mass is 453 g/mol. The van der Waals surface area contributed by atoms with E-state index in [9.17, 15) is 4.79 Å². The maximum absolute atomic E-state index is 13.3. The summed E-state index contributed by atoms with van der Waals surface area (Å²) in [4.78, 5) is 22.9. The molecule has 0 bridgehead atoms. The molecular weight excluding hydrogens is 430 g/mol. The highest BCUT2D eigenvalue weighted by Crippen LogP contribution is 2.48. The molecule has 160 valence electrons. The van der Waals surface area contributed by atoms with Crippen molar-refractivity contribution >= 4 is 29.3 Å². The van der Waals surface area contributed by atoms with E-state index in [0.717, 1.165) is 28.1 Å². The van der Waals surface area contributed by atoms with Gasteiger partial charge >= 0.3 is 0 Å². The minimum atomic E-state index is -0.159. The molecule has 1 amide bonds. The topological polar surface area (TPSA) is 64.1 Å². The Bertz CT molecular complexity index is 1120. The van der Waals surface area contributed by atoms with Gasteiger partial charge in [0.25, 0.3) is 5.91 Å². The van der Waals surface area contributed by atoms with Crippen molar-refractivity contribution in [2.45, 2.75) is 43.3 Å². The van der Waals surface area contributed by atoms with Crippen LogP contribution in [0.5, 0.6) is 11.5 Å². The number of hydrogen-bond acceptors (Lipinski definition) is 5. The van der Waals surface area contributed by atoms with Crippen molar-refractivity contribution in [1.82, 2.24) is 15.3 Å². The van der Waals surface area contributed by atoms with Crippen LogP contribution in [0.2, 0.25) is 5.15 Å². The molecule has 2 aromatic heterocycles. The smallest absolute Gasteiger partial charge is 0.256 e. The summed E-state index contributed by atoms with van der Waals surface area (Å²) in [5, 5.41) is 3.49. The number of amides is 1. The first-order valence-electron chi connectivity index (χ1n) is 10.1. The van der Waals surface area contributed by atoms with Crippen molar-refractivity contribution in [3.8, 4) is 11.5 Å². The van der Waals surface area contributed by atoms with E-state index in [1.807, 2.05) is 37.3 Å². The van der Waals surface area contributed by atoms with Gasteiger partial charge in [0, 0.05) is 28.8 Å². The van der Waals surface area contributed by atoms with Crippen LogP contribution in [0.3, 0.4) is 0 Å². The largest absolute Gasteiger partial charge is 0.455 e. The molecule has 4 rings (SSSR count). The predicted molar refractivity (Wildman–Crippen MR) is 124 cm³/mol. The number of pyridine rings is 2. The summed E-state index contributed by atoms with van der Waals surface area (Å²) in [7, 11) is 0. The van der Waals surface area contributed by atoms with Crippen molar-refractivity contribution in [2.75, 3.05) is 6.54 Å². The molecule has 31 heavy (non-hydrogen) atoms. The minimum absolute atomic E-state index is 0.0126. The number of rotatable bonds is 6.